The van der Waals surface area contributed by atoms with Gasteiger partial charge in [0.2, 0.25) is 5.82 Å². The van der Waals surface area contributed by atoms with Crippen molar-refractivity contribution in [3.05, 3.63) is 68.3 Å². The number of hydrogen-bond acceptors (Lipinski definition) is 7. The van der Waals surface area contributed by atoms with E-state index in [2.05, 4.69) is 10.1 Å². The molecular formula is C15H10N4O5. The summed E-state index contributed by atoms with van der Waals surface area (Å²) in [6.07, 6.45) is 0. The molecule has 1 aromatic heterocycles. The van der Waals surface area contributed by atoms with E-state index in [0.717, 1.165) is 0 Å². The van der Waals surface area contributed by atoms with Crippen LogP contribution in [0.4, 0.5) is 11.4 Å². The van der Waals surface area contributed by atoms with Crippen LogP contribution in [0.15, 0.2) is 47.0 Å². The minimum atomic E-state index is -0.495. The van der Waals surface area contributed by atoms with Crippen LogP contribution < -0.4 is 0 Å². The summed E-state index contributed by atoms with van der Waals surface area (Å²) >= 11 is 0. The average Bonchev–Trinajstić information content (AvgIpc) is 3.04. The molecule has 0 atom stereocenters. The van der Waals surface area contributed by atoms with Gasteiger partial charge in [0.05, 0.1) is 9.85 Å². The third-order valence-electron chi connectivity index (χ3n) is 3.40. The number of benzene rings is 2. The Balaban J connectivity index is 1.92. The first-order valence-corrected chi connectivity index (χ1v) is 6.79. The van der Waals surface area contributed by atoms with E-state index in [1.165, 1.54) is 36.4 Å². The molecule has 0 aliphatic rings. The van der Waals surface area contributed by atoms with Crippen LogP contribution >= 0.6 is 0 Å². The molecule has 0 saturated carbocycles. The van der Waals surface area contributed by atoms with E-state index in [0.29, 0.717) is 16.7 Å². The molecule has 0 unspecified atom stereocenters. The van der Waals surface area contributed by atoms with Crippen molar-refractivity contribution in [3.63, 3.8) is 0 Å². The number of non-ortho nitro benzene ring substituents is 1. The largest absolute Gasteiger partial charge is 0.334 e. The highest BCUT2D eigenvalue weighted by Gasteiger charge is 2.16. The molecule has 0 saturated heterocycles. The second kappa shape index (κ2) is 5.88. The zero-order chi connectivity index (χ0) is 17.3. The number of hydrogen-bond donors (Lipinski definition) is 0. The minimum Gasteiger partial charge on any atom is -0.334 e. The Morgan fingerprint density at radius 3 is 2.21 bits per heavy atom. The molecule has 0 radical (unpaired) electrons. The van der Waals surface area contributed by atoms with E-state index in [-0.39, 0.29) is 23.1 Å². The Morgan fingerprint density at radius 2 is 1.62 bits per heavy atom. The molecule has 24 heavy (non-hydrogen) atoms. The summed E-state index contributed by atoms with van der Waals surface area (Å²) in [5, 5.41) is 25.3. The maximum atomic E-state index is 10.8. The van der Waals surface area contributed by atoms with E-state index in [1.807, 2.05) is 0 Å². The monoisotopic (exact) mass is 326 g/mol. The lowest BCUT2D eigenvalue weighted by atomic mass is 10.1. The van der Waals surface area contributed by atoms with Crippen molar-refractivity contribution in [2.24, 2.45) is 0 Å². The molecule has 0 amide bonds. The van der Waals surface area contributed by atoms with Crippen LogP contribution in [0, 0.1) is 27.2 Å². The van der Waals surface area contributed by atoms with E-state index >= 15 is 0 Å². The molecule has 9 nitrogen and oxygen atoms in total. The predicted octanol–water partition coefficient (Wildman–Crippen LogP) is 3.53. The van der Waals surface area contributed by atoms with Gasteiger partial charge in [-0.05, 0) is 31.2 Å². The van der Waals surface area contributed by atoms with E-state index in [9.17, 15) is 20.2 Å². The fraction of sp³-hybridized carbons (Fsp3) is 0.0667. The normalized spacial score (nSPS) is 10.5. The van der Waals surface area contributed by atoms with Crippen molar-refractivity contribution in [3.8, 4) is 22.8 Å². The highest BCUT2D eigenvalue weighted by Crippen LogP contribution is 2.27. The van der Waals surface area contributed by atoms with Gasteiger partial charge in [-0.25, -0.2) is 0 Å². The van der Waals surface area contributed by atoms with Crippen molar-refractivity contribution in [2.45, 2.75) is 6.92 Å². The highest BCUT2D eigenvalue weighted by atomic mass is 16.6. The van der Waals surface area contributed by atoms with E-state index in [4.69, 9.17) is 4.52 Å². The minimum absolute atomic E-state index is 0.00820. The van der Waals surface area contributed by atoms with Crippen LogP contribution in [0.3, 0.4) is 0 Å². The van der Waals surface area contributed by atoms with Crippen LogP contribution in [0.1, 0.15) is 5.56 Å². The van der Waals surface area contributed by atoms with Gasteiger partial charge in [0.1, 0.15) is 0 Å². The van der Waals surface area contributed by atoms with Gasteiger partial charge in [-0.1, -0.05) is 5.16 Å². The molecule has 3 aromatic rings. The Bertz CT molecular complexity index is 933. The molecule has 2 aromatic carbocycles. The summed E-state index contributed by atoms with van der Waals surface area (Å²) in [5.41, 5.74) is 1.57. The molecule has 0 fully saturated rings. The zero-order valence-corrected chi connectivity index (χ0v) is 12.4. The molecule has 0 N–H and O–H groups in total. The fourth-order valence-electron chi connectivity index (χ4n) is 2.18. The van der Waals surface area contributed by atoms with Gasteiger partial charge in [0.25, 0.3) is 17.3 Å². The summed E-state index contributed by atoms with van der Waals surface area (Å²) in [4.78, 5) is 24.8. The Hall–Kier alpha value is -3.62. The molecule has 120 valence electrons. The quantitative estimate of drug-likeness (QED) is 0.530. The zero-order valence-electron chi connectivity index (χ0n) is 12.4. The summed E-state index contributed by atoms with van der Waals surface area (Å²) in [6, 6.07) is 10.2. The van der Waals surface area contributed by atoms with Gasteiger partial charge >= 0.3 is 0 Å². The molecule has 0 bridgehead atoms. The third-order valence-corrected chi connectivity index (χ3v) is 3.40. The molecule has 9 heteroatoms. The van der Waals surface area contributed by atoms with Crippen molar-refractivity contribution < 1.29 is 14.4 Å². The Kier molecular flexibility index (Phi) is 3.74. The first-order chi connectivity index (χ1) is 11.5. The van der Waals surface area contributed by atoms with Crippen LogP contribution in [-0.4, -0.2) is 20.0 Å². The van der Waals surface area contributed by atoms with Crippen molar-refractivity contribution in [1.29, 1.82) is 0 Å². The lowest BCUT2D eigenvalue weighted by Crippen LogP contribution is -1.91. The standard InChI is InChI=1S/C15H10N4O5/c1-9-8-11(4-7-13(9)19(22)23)15-16-14(17-24-15)10-2-5-12(6-3-10)18(20)21/h2-8H,1H3. The maximum absolute atomic E-state index is 10.8. The predicted molar refractivity (Wildman–Crippen MR) is 83.2 cm³/mol. The molecule has 0 aliphatic heterocycles. The molecular weight excluding hydrogens is 316 g/mol. The van der Waals surface area contributed by atoms with Crippen molar-refractivity contribution in [1.82, 2.24) is 10.1 Å². The highest BCUT2D eigenvalue weighted by molar-refractivity contribution is 5.63. The number of nitro groups is 2. The summed E-state index contributed by atoms with van der Waals surface area (Å²) < 4.78 is 5.17. The summed E-state index contributed by atoms with van der Waals surface area (Å²) in [5.74, 6) is 0.484. The first-order valence-electron chi connectivity index (χ1n) is 6.79. The Labute approximate surface area is 134 Å². The van der Waals surface area contributed by atoms with Gasteiger partial charge in [-0.15, -0.1) is 0 Å². The van der Waals surface area contributed by atoms with Gasteiger partial charge in [0, 0.05) is 34.9 Å². The number of aromatic nitrogens is 2. The van der Waals surface area contributed by atoms with Gasteiger partial charge in [0.15, 0.2) is 0 Å². The summed E-state index contributed by atoms with van der Waals surface area (Å²) in [6.45, 7) is 1.62. The number of rotatable bonds is 4. The topological polar surface area (TPSA) is 125 Å². The van der Waals surface area contributed by atoms with Gasteiger partial charge < -0.3 is 4.52 Å². The number of nitro benzene ring substituents is 2. The maximum Gasteiger partial charge on any atom is 0.272 e. The number of aryl methyl sites for hydroxylation is 1. The number of nitrogens with zero attached hydrogens (tertiary/aromatic N) is 4. The van der Waals surface area contributed by atoms with Crippen molar-refractivity contribution in [2.75, 3.05) is 0 Å². The van der Waals surface area contributed by atoms with Crippen LogP contribution in [0.5, 0.6) is 0 Å². The van der Waals surface area contributed by atoms with Crippen LogP contribution in [0.2, 0.25) is 0 Å². The second-order valence-corrected chi connectivity index (χ2v) is 4.99. The Morgan fingerprint density at radius 1 is 0.958 bits per heavy atom. The molecule has 3 rings (SSSR count). The molecule has 0 aliphatic carbocycles. The average molecular weight is 326 g/mol. The summed E-state index contributed by atoms with van der Waals surface area (Å²) in [7, 11) is 0. The van der Waals surface area contributed by atoms with Gasteiger partial charge in [-0.3, -0.25) is 20.2 Å². The lowest BCUT2D eigenvalue weighted by molar-refractivity contribution is -0.385. The SMILES string of the molecule is Cc1cc(-c2nc(-c3ccc([N+](=O)[O-])cc3)no2)ccc1[N+](=O)[O-]. The molecule has 0 spiro atoms. The van der Waals surface area contributed by atoms with Crippen molar-refractivity contribution >= 4 is 11.4 Å². The van der Waals surface area contributed by atoms with E-state index in [1.54, 1.807) is 13.0 Å². The third kappa shape index (κ3) is 2.82. The second-order valence-electron chi connectivity index (χ2n) is 4.99. The van der Waals surface area contributed by atoms with E-state index < -0.39 is 9.85 Å². The smallest absolute Gasteiger partial charge is 0.272 e. The van der Waals surface area contributed by atoms with Gasteiger partial charge in [-0.2, -0.15) is 4.98 Å². The first kappa shape index (κ1) is 15.3. The van der Waals surface area contributed by atoms with Crippen LogP contribution in [0.25, 0.3) is 22.8 Å². The fourth-order valence-corrected chi connectivity index (χ4v) is 2.18. The lowest BCUT2D eigenvalue weighted by Gasteiger charge is -1.98. The van der Waals surface area contributed by atoms with Crippen LogP contribution in [-0.2, 0) is 0 Å². The molecule has 1 heterocycles.